The summed E-state index contributed by atoms with van der Waals surface area (Å²) in [5, 5.41) is 0. The first-order chi connectivity index (χ1) is 8.19. The van der Waals surface area contributed by atoms with Crippen molar-refractivity contribution in [3.63, 3.8) is 0 Å². The molecule has 0 saturated carbocycles. The van der Waals surface area contributed by atoms with E-state index in [1.54, 1.807) is 0 Å². The van der Waals surface area contributed by atoms with Crippen LogP contribution in [0.4, 0.5) is 0 Å². The van der Waals surface area contributed by atoms with Crippen molar-refractivity contribution in [2.24, 2.45) is 5.73 Å². The second kappa shape index (κ2) is 5.06. The van der Waals surface area contributed by atoms with E-state index >= 15 is 0 Å². The van der Waals surface area contributed by atoms with Crippen LogP contribution in [0.3, 0.4) is 0 Å². The molecule has 2 N–H and O–H groups in total. The highest BCUT2D eigenvalue weighted by Crippen LogP contribution is 2.26. The van der Waals surface area contributed by atoms with Gasteiger partial charge >= 0.3 is 0 Å². The number of hydrogen-bond donors (Lipinski definition) is 1. The molecule has 0 spiro atoms. The molecule has 0 bridgehead atoms. The Labute approximate surface area is 101 Å². The lowest BCUT2D eigenvalue weighted by Gasteiger charge is -2.10. The first kappa shape index (κ1) is 11.7. The molecular weight excluding hydrogens is 214 g/mol. The Hall–Kier alpha value is -1.74. The van der Waals surface area contributed by atoms with E-state index in [0.717, 1.165) is 22.8 Å². The maximum Gasteiger partial charge on any atom is 0.134 e. The maximum atomic E-state index is 5.64. The molecule has 3 nitrogen and oxygen atoms in total. The van der Waals surface area contributed by atoms with E-state index in [-0.39, 0.29) is 6.10 Å². The minimum absolute atomic E-state index is 0.168. The third-order valence-corrected chi connectivity index (χ3v) is 2.35. The molecule has 0 aliphatic carbocycles. The van der Waals surface area contributed by atoms with Crippen molar-refractivity contribution in [3.8, 4) is 17.1 Å². The van der Waals surface area contributed by atoms with Gasteiger partial charge in [-0.2, -0.15) is 0 Å². The molecule has 0 atom stereocenters. The Kier molecular flexibility index (Phi) is 3.49. The van der Waals surface area contributed by atoms with Gasteiger partial charge in [-0.3, -0.25) is 0 Å². The van der Waals surface area contributed by atoms with Gasteiger partial charge in [-0.15, -0.1) is 0 Å². The highest BCUT2D eigenvalue weighted by molar-refractivity contribution is 5.59. The van der Waals surface area contributed by atoms with Crippen LogP contribution in [0.2, 0.25) is 0 Å². The summed E-state index contributed by atoms with van der Waals surface area (Å²) >= 11 is 0. The van der Waals surface area contributed by atoms with Crippen molar-refractivity contribution in [2.45, 2.75) is 26.5 Å². The van der Waals surface area contributed by atoms with Crippen LogP contribution in [-0.4, -0.2) is 6.10 Å². The zero-order valence-electron chi connectivity index (χ0n) is 10.1. The minimum atomic E-state index is 0.168. The lowest BCUT2D eigenvalue weighted by atomic mass is 10.1. The third-order valence-electron chi connectivity index (χ3n) is 2.35. The van der Waals surface area contributed by atoms with E-state index in [9.17, 15) is 0 Å². The number of nitrogens with two attached hydrogens (primary N) is 1. The summed E-state index contributed by atoms with van der Waals surface area (Å²) in [6.45, 7) is 4.43. The molecule has 3 heteroatoms. The van der Waals surface area contributed by atoms with Gasteiger partial charge in [0.1, 0.15) is 17.3 Å². The molecule has 1 aromatic carbocycles. The van der Waals surface area contributed by atoms with Gasteiger partial charge in [-0.25, -0.2) is 0 Å². The lowest BCUT2D eigenvalue weighted by Crippen LogP contribution is -2.05. The SMILES string of the molecule is CC(C)Oc1cccc(-c2ccc(CN)o2)c1. The van der Waals surface area contributed by atoms with E-state index < -0.39 is 0 Å². The quantitative estimate of drug-likeness (QED) is 0.879. The molecule has 17 heavy (non-hydrogen) atoms. The van der Waals surface area contributed by atoms with Gasteiger partial charge in [0.05, 0.1) is 12.6 Å². The summed E-state index contributed by atoms with van der Waals surface area (Å²) in [6.07, 6.45) is 0.168. The molecule has 90 valence electrons. The van der Waals surface area contributed by atoms with Crippen LogP contribution in [-0.2, 0) is 6.54 Å². The molecule has 0 aliphatic heterocycles. The van der Waals surface area contributed by atoms with Crippen LogP contribution < -0.4 is 10.5 Å². The van der Waals surface area contributed by atoms with Gasteiger partial charge in [0.25, 0.3) is 0 Å². The largest absolute Gasteiger partial charge is 0.491 e. The number of ether oxygens (including phenoxy) is 1. The van der Waals surface area contributed by atoms with Gasteiger partial charge in [0, 0.05) is 5.56 Å². The van der Waals surface area contributed by atoms with Gasteiger partial charge in [-0.05, 0) is 38.1 Å². The van der Waals surface area contributed by atoms with E-state index in [1.165, 1.54) is 0 Å². The van der Waals surface area contributed by atoms with E-state index in [0.29, 0.717) is 6.54 Å². The van der Waals surface area contributed by atoms with Crippen LogP contribution in [0.15, 0.2) is 40.8 Å². The Morgan fingerprint density at radius 1 is 1.24 bits per heavy atom. The summed E-state index contributed by atoms with van der Waals surface area (Å²) in [4.78, 5) is 0. The Morgan fingerprint density at radius 2 is 2.06 bits per heavy atom. The average molecular weight is 231 g/mol. The predicted molar refractivity (Wildman–Crippen MR) is 67.8 cm³/mol. The number of furan rings is 1. The maximum absolute atomic E-state index is 5.64. The monoisotopic (exact) mass is 231 g/mol. The molecule has 2 rings (SSSR count). The summed E-state index contributed by atoms with van der Waals surface area (Å²) < 4.78 is 11.2. The second-order valence-corrected chi connectivity index (χ2v) is 4.16. The van der Waals surface area contributed by atoms with Crippen LogP contribution in [0.5, 0.6) is 5.75 Å². The predicted octanol–water partition coefficient (Wildman–Crippen LogP) is 3.19. The summed E-state index contributed by atoms with van der Waals surface area (Å²) in [6, 6.07) is 11.7. The normalized spacial score (nSPS) is 10.8. The van der Waals surface area contributed by atoms with Crippen molar-refractivity contribution in [1.82, 2.24) is 0 Å². The zero-order chi connectivity index (χ0) is 12.3. The lowest BCUT2D eigenvalue weighted by molar-refractivity contribution is 0.242. The van der Waals surface area contributed by atoms with Gasteiger partial charge < -0.3 is 14.9 Å². The first-order valence-electron chi connectivity index (χ1n) is 5.75. The standard InChI is InChI=1S/C14H17NO2/c1-10(2)16-12-5-3-4-11(8-12)14-7-6-13(9-15)17-14/h3-8,10H,9,15H2,1-2H3. The number of rotatable bonds is 4. The Morgan fingerprint density at radius 3 is 2.71 bits per heavy atom. The number of hydrogen-bond acceptors (Lipinski definition) is 3. The van der Waals surface area contributed by atoms with Crippen molar-refractivity contribution in [1.29, 1.82) is 0 Å². The summed E-state index contributed by atoms with van der Waals surface area (Å²) in [7, 11) is 0. The van der Waals surface area contributed by atoms with Gasteiger partial charge in [-0.1, -0.05) is 12.1 Å². The number of benzene rings is 1. The van der Waals surface area contributed by atoms with E-state index in [4.69, 9.17) is 14.9 Å². The molecule has 0 amide bonds. The topological polar surface area (TPSA) is 48.4 Å². The smallest absolute Gasteiger partial charge is 0.134 e. The van der Waals surface area contributed by atoms with Crippen molar-refractivity contribution >= 4 is 0 Å². The minimum Gasteiger partial charge on any atom is -0.491 e. The van der Waals surface area contributed by atoms with Crippen molar-refractivity contribution in [3.05, 3.63) is 42.2 Å². The molecular formula is C14H17NO2. The van der Waals surface area contributed by atoms with Crippen LogP contribution in [0, 0.1) is 0 Å². The molecule has 0 unspecified atom stereocenters. The summed E-state index contributed by atoms with van der Waals surface area (Å²) in [5.74, 6) is 2.46. The highest BCUT2D eigenvalue weighted by Gasteiger charge is 2.05. The van der Waals surface area contributed by atoms with Crippen molar-refractivity contribution in [2.75, 3.05) is 0 Å². The Balaban J connectivity index is 2.26. The molecule has 2 aromatic rings. The highest BCUT2D eigenvalue weighted by atomic mass is 16.5. The van der Waals surface area contributed by atoms with Crippen LogP contribution >= 0.6 is 0 Å². The van der Waals surface area contributed by atoms with E-state index in [1.807, 2.05) is 50.2 Å². The molecule has 1 aromatic heterocycles. The van der Waals surface area contributed by atoms with Gasteiger partial charge in [0.15, 0.2) is 0 Å². The van der Waals surface area contributed by atoms with Gasteiger partial charge in [0.2, 0.25) is 0 Å². The van der Waals surface area contributed by atoms with Crippen LogP contribution in [0.1, 0.15) is 19.6 Å². The van der Waals surface area contributed by atoms with E-state index in [2.05, 4.69) is 0 Å². The third kappa shape index (κ3) is 2.88. The molecule has 1 heterocycles. The average Bonchev–Trinajstić information content (AvgIpc) is 2.77. The van der Waals surface area contributed by atoms with Crippen molar-refractivity contribution < 1.29 is 9.15 Å². The molecule has 0 radical (unpaired) electrons. The fraction of sp³-hybridized carbons (Fsp3) is 0.286. The van der Waals surface area contributed by atoms with Crippen LogP contribution in [0.25, 0.3) is 11.3 Å². The zero-order valence-corrected chi connectivity index (χ0v) is 10.1. The molecule has 0 saturated heterocycles. The fourth-order valence-corrected chi connectivity index (χ4v) is 1.64. The molecule has 0 aliphatic rings. The fourth-order valence-electron chi connectivity index (χ4n) is 1.64. The molecule has 0 fully saturated rings. The summed E-state index contributed by atoms with van der Waals surface area (Å²) in [5.41, 5.74) is 6.52. The second-order valence-electron chi connectivity index (χ2n) is 4.16. The first-order valence-corrected chi connectivity index (χ1v) is 5.75. The Bertz CT molecular complexity index is 488.